The molecule has 0 bridgehead atoms. The SMILES string of the molecule is C#CCNC(=O)C(C)Nc1ccc(Cl)cc1F. The predicted molar refractivity (Wildman–Crippen MR) is 66.3 cm³/mol. The van der Waals surface area contributed by atoms with Gasteiger partial charge in [-0.1, -0.05) is 17.5 Å². The Bertz CT molecular complexity index is 456. The molecule has 1 aromatic carbocycles. The fourth-order valence-corrected chi connectivity index (χ4v) is 1.36. The molecule has 0 aliphatic carbocycles. The smallest absolute Gasteiger partial charge is 0.242 e. The van der Waals surface area contributed by atoms with Crippen LogP contribution in [0, 0.1) is 18.2 Å². The second-order valence-electron chi connectivity index (χ2n) is 3.41. The molecule has 0 saturated heterocycles. The summed E-state index contributed by atoms with van der Waals surface area (Å²) in [5, 5.41) is 5.53. The largest absolute Gasteiger partial charge is 0.372 e. The van der Waals surface area contributed by atoms with Crippen molar-refractivity contribution < 1.29 is 9.18 Å². The van der Waals surface area contributed by atoms with Gasteiger partial charge in [-0.3, -0.25) is 4.79 Å². The van der Waals surface area contributed by atoms with E-state index in [-0.39, 0.29) is 18.1 Å². The summed E-state index contributed by atoms with van der Waals surface area (Å²) in [6, 6.07) is 3.61. The van der Waals surface area contributed by atoms with Gasteiger partial charge < -0.3 is 10.6 Å². The maximum atomic E-state index is 13.4. The number of carbonyl (C=O) groups is 1. The average Bonchev–Trinajstić information content (AvgIpc) is 2.29. The molecule has 0 spiro atoms. The van der Waals surface area contributed by atoms with E-state index in [4.69, 9.17) is 18.0 Å². The molecular formula is C12H12ClFN2O. The highest BCUT2D eigenvalue weighted by molar-refractivity contribution is 6.30. The maximum absolute atomic E-state index is 13.4. The molecule has 1 unspecified atom stereocenters. The van der Waals surface area contributed by atoms with Gasteiger partial charge in [0.1, 0.15) is 11.9 Å². The summed E-state index contributed by atoms with van der Waals surface area (Å²) >= 11 is 5.62. The highest BCUT2D eigenvalue weighted by atomic mass is 35.5. The summed E-state index contributed by atoms with van der Waals surface area (Å²) in [6.45, 7) is 1.76. The van der Waals surface area contributed by atoms with Crippen molar-refractivity contribution >= 4 is 23.2 Å². The molecule has 90 valence electrons. The van der Waals surface area contributed by atoms with Crippen molar-refractivity contribution in [3.8, 4) is 12.3 Å². The quantitative estimate of drug-likeness (QED) is 0.808. The molecule has 0 heterocycles. The van der Waals surface area contributed by atoms with E-state index in [1.807, 2.05) is 0 Å². The summed E-state index contributed by atoms with van der Waals surface area (Å²) in [7, 11) is 0. The number of amides is 1. The van der Waals surface area contributed by atoms with Crippen LogP contribution in [0.5, 0.6) is 0 Å². The molecule has 1 amide bonds. The Morgan fingerprint density at radius 1 is 1.65 bits per heavy atom. The third-order valence-electron chi connectivity index (χ3n) is 2.06. The Morgan fingerprint density at radius 2 is 2.35 bits per heavy atom. The second kappa shape index (κ2) is 6.12. The van der Waals surface area contributed by atoms with Crippen molar-refractivity contribution in [3.05, 3.63) is 29.0 Å². The zero-order chi connectivity index (χ0) is 12.8. The van der Waals surface area contributed by atoms with Crippen LogP contribution in [0.25, 0.3) is 0 Å². The van der Waals surface area contributed by atoms with Crippen molar-refractivity contribution in [1.29, 1.82) is 0 Å². The first-order chi connectivity index (χ1) is 8.04. The van der Waals surface area contributed by atoms with Gasteiger partial charge >= 0.3 is 0 Å². The molecule has 0 fully saturated rings. The number of anilines is 1. The van der Waals surface area contributed by atoms with Crippen LogP contribution in [0.3, 0.4) is 0 Å². The topological polar surface area (TPSA) is 41.1 Å². The van der Waals surface area contributed by atoms with E-state index < -0.39 is 11.9 Å². The van der Waals surface area contributed by atoms with Gasteiger partial charge in [-0.2, -0.15) is 0 Å². The number of rotatable bonds is 4. The molecule has 1 atom stereocenters. The van der Waals surface area contributed by atoms with E-state index in [2.05, 4.69) is 16.6 Å². The molecule has 1 rings (SSSR count). The molecule has 2 N–H and O–H groups in total. The fourth-order valence-electron chi connectivity index (χ4n) is 1.20. The highest BCUT2D eigenvalue weighted by Gasteiger charge is 2.13. The zero-order valence-electron chi connectivity index (χ0n) is 9.26. The molecule has 5 heteroatoms. The van der Waals surface area contributed by atoms with Gasteiger partial charge in [-0.05, 0) is 25.1 Å². The van der Waals surface area contributed by atoms with Crippen molar-refractivity contribution in [2.24, 2.45) is 0 Å². The van der Waals surface area contributed by atoms with Crippen molar-refractivity contribution in [3.63, 3.8) is 0 Å². The Balaban J connectivity index is 2.65. The van der Waals surface area contributed by atoms with Gasteiger partial charge in [0.2, 0.25) is 5.91 Å². The van der Waals surface area contributed by atoms with Gasteiger partial charge in [-0.15, -0.1) is 6.42 Å². The van der Waals surface area contributed by atoms with Gasteiger partial charge in [0.15, 0.2) is 0 Å². The minimum Gasteiger partial charge on any atom is -0.372 e. The van der Waals surface area contributed by atoms with Crippen molar-refractivity contribution in [1.82, 2.24) is 5.32 Å². The van der Waals surface area contributed by atoms with Gasteiger partial charge in [0.25, 0.3) is 0 Å². The number of nitrogens with one attached hydrogen (secondary N) is 2. The standard InChI is InChI=1S/C12H12ClFN2O/c1-3-6-15-12(17)8(2)16-11-5-4-9(13)7-10(11)14/h1,4-5,7-8,16H,6H2,2H3,(H,15,17). The van der Waals surface area contributed by atoms with E-state index >= 15 is 0 Å². The molecule has 3 nitrogen and oxygen atoms in total. The van der Waals surface area contributed by atoms with E-state index in [1.54, 1.807) is 13.0 Å². The lowest BCUT2D eigenvalue weighted by Crippen LogP contribution is -2.37. The number of hydrogen-bond acceptors (Lipinski definition) is 2. The van der Waals surface area contributed by atoms with Gasteiger partial charge in [-0.25, -0.2) is 4.39 Å². The first-order valence-corrected chi connectivity index (χ1v) is 5.35. The normalized spacial score (nSPS) is 11.4. The molecule has 0 aliphatic heterocycles. The Morgan fingerprint density at radius 3 is 2.94 bits per heavy atom. The Hall–Kier alpha value is -1.73. The molecule has 17 heavy (non-hydrogen) atoms. The van der Waals surface area contributed by atoms with Crippen LogP contribution >= 0.6 is 11.6 Å². The van der Waals surface area contributed by atoms with E-state index in [1.165, 1.54) is 12.1 Å². The number of halogens is 2. The molecule has 0 aromatic heterocycles. The molecular weight excluding hydrogens is 243 g/mol. The summed E-state index contributed by atoms with van der Waals surface area (Å²) < 4.78 is 13.4. The van der Waals surface area contributed by atoms with Gasteiger partial charge in [0, 0.05) is 5.02 Å². The van der Waals surface area contributed by atoms with Gasteiger partial charge in [0.05, 0.1) is 12.2 Å². The van der Waals surface area contributed by atoms with Crippen LogP contribution in [0.4, 0.5) is 10.1 Å². The zero-order valence-corrected chi connectivity index (χ0v) is 10.0. The second-order valence-corrected chi connectivity index (χ2v) is 3.85. The lowest BCUT2D eigenvalue weighted by Gasteiger charge is -2.14. The summed E-state index contributed by atoms with van der Waals surface area (Å²) in [4.78, 5) is 11.5. The molecule has 1 aromatic rings. The van der Waals surface area contributed by atoms with Crippen LogP contribution in [0.2, 0.25) is 5.02 Å². The molecule has 0 saturated carbocycles. The number of terminal acetylenes is 1. The fraction of sp³-hybridized carbons (Fsp3) is 0.250. The lowest BCUT2D eigenvalue weighted by molar-refractivity contribution is -0.121. The van der Waals surface area contributed by atoms with Crippen LogP contribution < -0.4 is 10.6 Å². The van der Waals surface area contributed by atoms with E-state index in [0.717, 1.165) is 0 Å². The number of benzene rings is 1. The number of carbonyl (C=O) groups excluding carboxylic acids is 1. The third kappa shape index (κ3) is 3.97. The van der Waals surface area contributed by atoms with Crippen LogP contribution in [-0.2, 0) is 4.79 Å². The Kier molecular flexibility index (Phi) is 4.80. The van der Waals surface area contributed by atoms with Crippen LogP contribution in [0.1, 0.15) is 6.92 Å². The number of hydrogen-bond donors (Lipinski definition) is 2. The minimum atomic E-state index is -0.584. The van der Waals surface area contributed by atoms with E-state index in [0.29, 0.717) is 5.02 Å². The van der Waals surface area contributed by atoms with Crippen LogP contribution in [0.15, 0.2) is 18.2 Å². The monoisotopic (exact) mass is 254 g/mol. The highest BCUT2D eigenvalue weighted by Crippen LogP contribution is 2.19. The first-order valence-electron chi connectivity index (χ1n) is 4.97. The molecule has 0 radical (unpaired) electrons. The summed E-state index contributed by atoms with van der Waals surface area (Å²) in [5.41, 5.74) is 0.220. The van der Waals surface area contributed by atoms with Crippen molar-refractivity contribution in [2.75, 3.05) is 11.9 Å². The van der Waals surface area contributed by atoms with E-state index in [9.17, 15) is 9.18 Å². The Labute approximate surface area is 104 Å². The summed E-state index contributed by atoms with van der Waals surface area (Å²) in [5.74, 6) is 1.49. The lowest BCUT2D eigenvalue weighted by atomic mass is 10.2. The maximum Gasteiger partial charge on any atom is 0.242 e. The molecule has 0 aliphatic rings. The summed E-state index contributed by atoms with van der Waals surface area (Å²) in [6.07, 6.45) is 5.01. The van der Waals surface area contributed by atoms with Crippen molar-refractivity contribution in [2.45, 2.75) is 13.0 Å². The average molecular weight is 255 g/mol. The third-order valence-corrected chi connectivity index (χ3v) is 2.30. The predicted octanol–water partition coefficient (Wildman–Crippen LogP) is 2.03. The van der Waals surface area contributed by atoms with Crippen LogP contribution in [-0.4, -0.2) is 18.5 Å². The first kappa shape index (κ1) is 13.3. The minimum absolute atomic E-state index is 0.147.